The Hall–Kier alpha value is -1.82. The number of carbonyl (C=O) groups is 2. The molecular weight excluding hydrogens is 362 g/mol. The number of amides is 1. The maximum absolute atomic E-state index is 12.6. The molecule has 0 atom stereocenters. The second-order valence-electron chi connectivity index (χ2n) is 6.09. The van der Waals surface area contributed by atoms with Crippen molar-refractivity contribution in [2.45, 2.75) is 26.2 Å². The molecule has 0 radical (unpaired) electrons. The van der Waals surface area contributed by atoms with E-state index in [2.05, 4.69) is 15.9 Å². The van der Waals surface area contributed by atoms with Crippen molar-refractivity contribution in [3.63, 3.8) is 0 Å². The third kappa shape index (κ3) is 3.42. The first-order chi connectivity index (χ1) is 10.9. The number of hydrogen-bond acceptors (Lipinski definition) is 3. The van der Waals surface area contributed by atoms with Crippen LogP contribution in [-0.2, 0) is 4.79 Å². The fourth-order valence-corrected chi connectivity index (χ4v) is 3.72. The lowest BCUT2D eigenvalue weighted by atomic mass is 9.93. The molecule has 6 heteroatoms. The zero-order valence-corrected chi connectivity index (χ0v) is 14.4. The number of carboxylic acid groups (broad SMARTS) is 1. The van der Waals surface area contributed by atoms with E-state index >= 15 is 0 Å². The molecule has 23 heavy (non-hydrogen) atoms. The highest BCUT2D eigenvalue weighted by atomic mass is 79.9. The van der Waals surface area contributed by atoms with Gasteiger partial charge in [-0.3, -0.25) is 9.59 Å². The van der Waals surface area contributed by atoms with Crippen molar-refractivity contribution in [2.24, 2.45) is 5.92 Å². The molecule has 1 saturated heterocycles. The number of piperidine rings is 1. The van der Waals surface area contributed by atoms with Gasteiger partial charge in [0.1, 0.15) is 5.58 Å². The molecule has 1 aliphatic rings. The van der Waals surface area contributed by atoms with Crippen molar-refractivity contribution in [1.29, 1.82) is 0 Å². The smallest absolute Gasteiger partial charge is 0.303 e. The molecule has 0 unspecified atom stereocenters. The summed E-state index contributed by atoms with van der Waals surface area (Å²) in [6.45, 7) is 3.11. The van der Waals surface area contributed by atoms with Crippen molar-refractivity contribution < 1.29 is 19.1 Å². The minimum absolute atomic E-state index is 0.120. The highest BCUT2D eigenvalue weighted by molar-refractivity contribution is 9.10. The maximum atomic E-state index is 12.6. The van der Waals surface area contributed by atoms with E-state index < -0.39 is 5.97 Å². The Kier molecular flexibility index (Phi) is 4.43. The van der Waals surface area contributed by atoms with Crippen molar-refractivity contribution in [2.75, 3.05) is 13.1 Å². The normalized spacial score (nSPS) is 16.0. The number of furan rings is 1. The highest BCUT2D eigenvalue weighted by Gasteiger charge is 2.27. The number of likely N-dealkylation sites (tertiary alicyclic amines) is 1. The summed E-state index contributed by atoms with van der Waals surface area (Å²) in [6, 6.07) is 5.66. The van der Waals surface area contributed by atoms with Gasteiger partial charge in [-0.05, 0) is 49.4 Å². The van der Waals surface area contributed by atoms with Gasteiger partial charge < -0.3 is 14.4 Å². The van der Waals surface area contributed by atoms with Crippen molar-refractivity contribution in [3.8, 4) is 0 Å². The lowest BCUT2D eigenvalue weighted by Crippen LogP contribution is -2.38. The van der Waals surface area contributed by atoms with Crippen molar-refractivity contribution in [3.05, 3.63) is 34.0 Å². The number of aryl methyl sites for hydroxylation is 1. The summed E-state index contributed by atoms with van der Waals surface area (Å²) < 4.78 is 6.71. The summed E-state index contributed by atoms with van der Waals surface area (Å²) in [7, 11) is 0. The first-order valence-corrected chi connectivity index (χ1v) is 8.44. The Morgan fingerprint density at radius 2 is 2.00 bits per heavy atom. The predicted molar refractivity (Wildman–Crippen MR) is 89.5 cm³/mol. The third-order valence-electron chi connectivity index (χ3n) is 4.34. The van der Waals surface area contributed by atoms with Gasteiger partial charge >= 0.3 is 5.97 Å². The zero-order chi connectivity index (χ0) is 16.6. The zero-order valence-electron chi connectivity index (χ0n) is 12.8. The summed E-state index contributed by atoms with van der Waals surface area (Å²) in [4.78, 5) is 25.1. The molecule has 2 heterocycles. The van der Waals surface area contributed by atoms with E-state index in [1.165, 1.54) is 0 Å². The molecule has 1 aromatic heterocycles. The second-order valence-corrected chi connectivity index (χ2v) is 7.00. The van der Waals surface area contributed by atoms with Crippen LogP contribution in [0.1, 0.15) is 35.4 Å². The molecule has 122 valence electrons. The fraction of sp³-hybridized carbons (Fsp3) is 0.412. The molecule has 1 aromatic carbocycles. The van der Waals surface area contributed by atoms with Crippen LogP contribution < -0.4 is 0 Å². The Bertz CT molecular complexity index is 759. The van der Waals surface area contributed by atoms with Crippen LogP contribution in [0.2, 0.25) is 0 Å². The van der Waals surface area contributed by atoms with Gasteiger partial charge in [-0.15, -0.1) is 0 Å². The molecule has 0 bridgehead atoms. The van der Waals surface area contributed by atoms with Crippen LogP contribution in [0.25, 0.3) is 11.0 Å². The van der Waals surface area contributed by atoms with Gasteiger partial charge in [0.05, 0.1) is 0 Å². The highest BCUT2D eigenvalue weighted by Crippen LogP contribution is 2.28. The Labute approximate surface area is 142 Å². The van der Waals surface area contributed by atoms with Crippen LogP contribution in [0.5, 0.6) is 0 Å². The lowest BCUT2D eigenvalue weighted by molar-refractivity contribution is -0.138. The number of nitrogens with zero attached hydrogens (tertiary/aromatic N) is 1. The molecule has 1 aliphatic heterocycles. The summed E-state index contributed by atoms with van der Waals surface area (Å²) in [6.07, 6.45) is 1.63. The fourth-order valence-electron chi connectivity index (χ4n) is 3.13. The first-order valence-electron chi connectivity index (χ1n) is 7.65. The Morgan fingerprint density at radius 1 is 1.30 bits per heavy atom. The SMILES string of the molecule is Cc1cc(Br)cc2cc(C(=O)N3CCC(CC(=O)O)CC3)oc12. The Balaban J connectivity index is 1.74. The van der Waals surface area contributed by atoms with E-state index in [1.54, 1.807) is 11.0 Å². The van der Waals surface area contributed by atoms with Gasteiger partial charge in [0.25, 0.3) is 5.91 Å². The average molecular weight is 380 g/mol. The van der Waals surface area contributed by atoms with Crippen LogP contribution >= 0.6 is 15.9 Å². The monoisotopic (exact) mass is 379 g/mol. The molecule has 1 fully saturated rings. The van der Waals surface area contributed by atoms with Crippen molar-refractivity contribution in [1.82, 2.24) is 4.90 Å². The molecule has 0 aliphatic carbocycles. The largest absolute Gasteiger partial charge is 0.481 e. The van der Waals surface area contributed by atoms with E-state index in [0.717, 1.165) is 33.8 Å². The van der Waals surface area contributed by atoms with E-state index in [1.807, 2.05) is 19.1 Å². The number of hydrogen-bond donors (Lipinski definition) is 1. The molecular formula is C17H18BrNO4. The predicted octanol–water partition coefficient (Wildman–Crippen LogP) is 3.83. The van der Waals surface area contributed by atoms with Crippen LogP contribution in [0.4, 0.5) is 0 Å². The molecule has 0 saturated carbocycles. The van der Waals surface area contributed by atoms with Gasteiger partial charge in [-0.25, -0.2) is 0 Å². The van der Waals surface area contributed by atoms with E-state index in [9.17, 15) is 9.59 Å². The van der Waals surface area contributed by atoms with Crippen LogP contribution in [-0.4, -0.2) is 35.0 Å². The number of aliphatic carboxylic acids is 1. The van der Waals surface area contributed by atoms with Gasteiger partial charge in [0, 0.05) is 29.4 Å². The van der Waals surface area contributed by atoms with Gasteiger partial charge in [0.2, 0.25) is 0 Å². The number of halogens is 1. The number of rotatable bonds is 3. The number of fused-ring (bicyclic) bond motifs is 1. The van der Waals surface area contributed by atoms with Crippen molar-refractivity contribution >= 4 is 38.8 Å². The molecule has 2 aromatic rings. The maximum Gasteiger partial charge on any atom is 0.303 e. The summed E-state index contributed by atoms with van der Waals surface area (Å²) in [5, 5.41) is 9.75. The van der Waals surface area contributed by atoms with E-state index in [0.29, 0.717) is 18.8 Å². The van der Waals surface area contributed by atoms with Gasteiger partial charge in [0.15, 0.2) is 5.76 Å². The molecule has 0 spiro atoms. The van der Waals surface area contributed by atoms with Crippen LogP contribution in [0.3, 0.4) is 0 Å². The minimum atomic E-state index is -0.770. The van der Waals surface area contributed by atoms with Gasteiger partial charge in [-0.2, -0.15) is 0 Å². The average Bonchev–Trinajstić information content (AvgIpc) is 2.91. The molecule has 1 amide bonds. The van der Waals surface area contributed by atoms with Gasteiger partial charge in [-0.1, -0.05) is 15.9 Å². The van der Waals surface area contributed by atoms with Crippen LogP contribution in [0, 0.1) is 12.8 Å². The molecule has 3 rings (SSSR count). The van der Waals surface area contributed by atoms with E-state index in [4.69, 9.17) is 9.52 Å². The summed E-state index contributed by atoms with van der Waals surface area (Å²) >= 11 is 3.45. The van der Waals surface area contributed by atoms with Crippen LogP contribution in [0.15, 0.2) is 27.1 Å². The lowest BCUT2D eigenvalue weighted by Gasteiger charge is -2.30. The molecule has 1 N–H and O–H groups in total. The quantitative estimate of drug-likeness (QED) is 0.879. The third-order valence-corrected chi connectivity index (χ3v) is 4.80. The number of benzene rings is 1. The standard InChI is InChI=1S/C17H18BrNO4/c1-10-6-13(18)8-12-9-14(23-16(10)12)17(22)19-4-2-11(3-5-19)7-15(20)21/h6,8-9,11H,2-5,7H2,1H3,(H,20,21). The number of carbonyl (C=O) groups excluding carboxylic acids is 1. The molecule has 5 nitrogen and oxygen atoms in total. The Morgan fingerprint density at radius 3 is 2.65 bits per heavy atom. The number of carboxylic acids is 1. The summed E-state index contributed by atoms with van der Waals surface area (Å²) in [5.41, 5.74) is 1.71. The second kappa shape index (κ2) is 6.35. The topological polar surface area (TPSA) is 70.8 Å². The van der Waals surface area contributed by atoms with E-state index in [-0.39, 0.29) is 18.2 Å². The minimum Gasteiger partial charge on any atom is -0.481 e. The summed E-state index contributed by atoms with van der Waals surface area (Å²) in [5.74, 6) is -0.387. The first kappa shape index (κ1) is 16.1.